The first-order valence-electron chi connectivity index (χ1n) is 10.5. The summed E-state index contributed by atoms with van der Waals surface area (Å²) in [7, 11) is 0. The van der Waals surface area contributed by atoms with Gasteiger partial charge in [0.05, 0.1) is 25.0 Å². The Labute approximate surface area is 177 Å². The Balaban J connectivity index is 1.68. The Hall–Kier alpha value is -2.71. The molecule has 8 heteroatoms. The van der Waals surface area contributed by atoms with Gasteiger partial charge in [-0.25, -0.2) is 18.7 Å². The highest BCUT2D eigenvalue weighted by atomic mass is 19.1. The number of hydrogen-bond donors (Lipinski definition) is 0. The fourth-order valence-electron chi connectivity index (χ4n) is 4.31. The predicted octanol–water partition coefficient (Wildman–Crippen LogP) is 3.56. The van der Waals surface area contributed by atoms with E-state index in [-0.39, 0.29) is 34.5 Å². The van der Waals surface area contributed by atoms with E-state index in [0.717, 1.165) is 18.9 Å². The molecule has 2 aromatic heterocycles. The summed E-state index contributed by atoms with van der Waals surface area (Å²) in [6.07, 6.45) is 3.30. The highest BCUT2D eigenvalue weighted by Crippen LogP contribution is 2.35. The van der Waals surface area contributed by atoms with Crippen LogP contribution in [0, 0.1) is 31.4 Å². The van der Waals surface area contributed by atoms with Gasteiger partial charge < -0.3 is 9.47 Å². The first kappa shape index (κ1) is 20.2. The SMILES string of the molecule is Cc1nc2c(-c3ccc(F)cc3F)nc([C@@H]3CCO[C@@H](C4COC4)C3)cn2c(=O)c1C. The first-order valence-corrected chi connectivity index (χ1v) is 10.5. The molecule has 0 radical (unpaired) electrons. The van der Waals surface area contributed by atoms with Crippen molar-refractivity contribution in [3.05, 3.63) is 63.3 Å². The van der Waals surface area contributed by atoms with Crippen molar-refractivity contribution >= 4 is 5.65 Å². The third kappa shape index (κ3) is 3.53. The standard InChI is InChI=1S/C23H23F2N3O3/c1-12-13(2)26-22-21(17-4-3-16(24)8-18(17)25)27-19(9-28(22)23(12)29)14-5-6-31-20(7-14)15-10-30-11-15/h3-4,8-9,14-15,20H,5-7,10-11H2,1-2H3/t14-,20-/m1/s1. The third-order valence-corrected chi connectivity index (χ3v) is 6.41. The molecule has 31 heavy (non-hydrogen) atoms. The molecule has 6 nitrogen and oxygen atoms in total. The van der Waals surface area contributed by atoms with Gasteiger partial charge in [-0.05, 0) is 38.8 Å². The molecular weight excluding hydrogens is 404 g/mol. The fraction of sp³-hybridized carbons (Fsp3) is 0.435. The number of aryl methyl sites for hydroxylation is 1. The van der Waals surface area contributed by atoms with Gasteiger partial charge in [-0.1, -0.05) is 0 Å². The molecule has 2 fully saturated rings. The molecule has 2 aliphatic rings. The van der Waals surface area contributed by atoms with Crippen LogP contribution in [0.1, 0.15) is 35.7 Å². The maximum absolute atomic E-state index is 14.7. The molecule has 2 aliphatic heterocycles. The highest BCUT2D eigenvalue weighted by molar-refractivity contribution is 5.74. The quantitative estimate of drug-likeness (QED) is 0.640. The Morgan fingerprint density at radius 3 is 2.68 bits per heavy atom. The lowest BCUT2D eigenvalue weighted by atomic mass is 9.86. The third-order valence-electron chi connectivity index (χ3n) is 6.41. The highest BCUT2D eigenvalue weighted by Gasteiger charge is 2.35. The van der Waals surface area contributed by atoms with E-state index >= 15 is 0 Å². The lowest BCUT2D eigenvalue weighted by molar-refractivity contribution is -0.130. The number of ether oxygens (including phenoxy) is 2. The molecule has 1 aromatic carbocycles. The smallest absolute Gasteiger partial charge is 0.261 e. The van der Waals surface area contributed by atoms with Crippen LogP contribution < -0.4 is 5.56 Å². The molecule has 2 saturated heterocycles. The Kier molecular flexibility index (Phi) is 5.06. The van der Waals surface area contributed by atoms with Crippen molar-refractivity contribution in [2.45, 2.75) is 38.7 Å². The van der Waals surface area contributed by atoms with Crippen molar-refractivity contribution in [2.75, 3.05) is 19.8 Å². The average Bonchev–Trinajstić information content (AvgIpc) is 2.71. The van der Waals surface area contributed by atoms with E-state index in [2.05, 4.69) is 4.98 Å². The van der Waals surface area contributed by atoms with E-state index in [1.54, 1.807) is 20.0 Å². The van der Waals surface area contributed by atoms with Gasteiger partial charge in [0.2, 0.25) is 0 Å². The Morgan fingerprint density at radius 2 is 1.97 bits per heavy atom. The lowest BCUT2D eigenvalue weighted by Gasteiger charge is -2.38. The molecule has 5 rings (SSSR count). The van der Waals surface area contributed by atoms with Crippen LogP contribution in [0.2, 0.25) is 0 Å². The van der Waals surface area contributed by atoms with Gasteiger partial charge in [0.15, 0.2) is 5.65 Å². The largest absolute Gasteiger partial charge is 0.380 e. The first-order chi connectivity index (χ1) is 14.9. The van der Waals surface area contributed by atoms with Crippen LogP contribution in [-0.2, 0) is 9.47 Å². The van der Waals surface area contributed by atoms with Crippen LogP contribution in [0.5, 0.6) is 0 Å². The van der Waals surface area contributed by atoms with Gasteiger partial charge >= 0.3 is 0 Å². The van der Waals surface area contributed by atoms with Gasteiger partial charge in [-0.15, -0.1) is 0 Å². The molecule has 2 atom stereocenters. The van der Waals surface area contributed by atoms with Gasteiger partial charge in [-0.2, -0.15) is 0 Å². The van der Waals surface area contributed by atoms with E-state index in [4.69, 9.17) is 14.5 Å². The van der Waals surface area contributed by atoms with Crippen LogP contribution in [0.3, 0.4) is 0 Å². The minimum absolute atomic E-state index is 0.0551. The monoisotopic (exact) mass is 427 g/mol. The summed E-state index contributed by atoms with van der Waals surface area (Å²) in [5.74, 6) is -0.990. The molecule has 3 aromatic rings. The van der Waals surface area contributed by atoms with E-state index in [1.165, 1.54) is 16.5 Å². The number of aromatic nitrogens is 3. The van der Waals surface area contributed by atoms with Crippen molar-refractivity contribution in [2.24, 2.45) is 5.92 Å². The zero-order valence-electron chi connectivity index (χ0n) is 17.4. The van der Waals surface area contributed by atoms with Gasteiger partial charge in [-0.3, -0.25) is 9.20 Å². The Bertz CT molecular complexity index is 1220. The second-order valence-corrected chi connectivity index (χ2v) is 8.39. The number of hydrogen-bond acceptors (Lipinski definition) is 5. The molecule has 162 valence electrons. The van der Waals surface area contributed by atoms with Crippen molar-refractivity contribution in [3.63, 3.8) is 0 Å². The van der Waals surface area contributed by atoms with Gasteiger partial charge in [0, 0.05) is 47.5 Å². The number of benzene rings is 1. The normalized spacial score (nSPS) is 21.9. The molecule has 4 heterocycles. The topological polar surface area (TPSA) is 65.7 Å². The summed E-state index contributed by atoms with van der Waals surface area (Å²) in [6.45, 7) is 5.42. The van der Waals surface area contributed by atoms with Crippen molar-refractivity contribution < 1.29 is 18.3 Å². The predicted molar refractivity (Wildman–Crippen MR) is 110 cm³/mol. The van der Waals surface area contributed by atoms with E-state index in [0.29, 0.717) is 42.7 Å². The number of halogens is 2. The van der Waals surface area contributed by atoms with Crippen LogP contribution >= 0.6 is 0 Å². The maximum Gasteiger partial charge on any atom is 0.261 e. The molecule has 0 unspecified atom stereocenters. The van der Waals surface area contributed by atoms with E-state index < -0.39 is 11.6 Å². The van der Waals surface area contributed by atoms with Crippen molar-refractivity contribution in [3.8, 4) is 11.3 Å². The zero-order valence-corrected chi connectivity index (χ0v) is 17.4. The van der Waals surface area contributed by atoms with E-state index in [1.807, 2.05) is 0 Å². The molecular formula is C23H23F2N3O3. The molecule has 0 amide bonds. The second kappa shape index (κ2) is 7.76. The van der Waals surface area contributed by atoms with Gasteiger partial charge in [0.25, 0.3) is 5.56 Å². The summed E-state index contributed by atoms with van der Waals surface area (Å²) in [4.78, 5) is 22.3. The lowest BCUT2D eigenvalue weighted by Crippen LogP contribution is -2.42. The molecule has 0 bridgehead atoms. The second-order valence-electron chi connectivity index (χ2n) is 8.39. The molecule has 0 aliphatic carbocycles. The van der Waals surface area contributed by atoms with Crippen LogP contribution in [0.4, 0.5) is 8.78 Å². The summed E-state index contributed by atoms with van der Waals surface area (Å²) in [5, 5.41) is 0. The van der Waals surface area contributed by atoms with Crippen LogP contribution in [-0.4, -0.2) is 40.3 Å². The Morgan fingerprint density at radius 1 is 1.16 bits per heavy atom. The number of nitrogens with zero attached hydrogens (tertiary/aromatic N) is 3. The van der Waals surface area contributed by atoms with Crippen molar-refractivity contribution in [1.82, 2.24) is 14.4 Å². The van der Waals surface area contributed by atoms with E-state index in [9.17, 15) is 13.6 Å². The minimum atomic E-state index is -0.740. The summed E-state index contributed by atoms with van der Waals surface area (Å²) in [6, 6.07) is 3.35. The molecule has 0 spiro atoms. The summed E-state index contributed by atoms with van der Waals surface area (Å²) in [5.41, 5.74) is 2.17. The van der Waals surface area contributed by atoms with Gasteiger partial charge in [0.1, 0.15) is 17.3 Å². The van der Waals surface area contributed by atoms with Crippen LogP contribution in [0.15, 0.2) is 29.2 Å². The maximum atomic E-state index is 14.7. The van der Waals surface area contributed by atoms with Crippen LogP contribution in [0.25, 0.3) is 16.9 Å². The molecule has 0 N–H and O–H groups in total. The molecule has 0 saturated carbocycles. The average molecular weight is 427 g/mol. The summed E-state index contributed by atoms with van der Waals surface area (Å²) < 4.78 is 40.9. The zero-order chi connectivity index (χ0) is 21.7. The van der Waals surface area contributed by atoms with Crippen molar-refractivity contribution in [1.29, 1.82) is 0 Å². The summed E-state index contributed by atoms with van der Waals surface area (Å²) >= 11 is 0. The minimum Gasteiger partial charge on any atom is -0.380 e. The number of fused-ring (bicyclic) bond motifs is 1. The number of rotatable bonds is 3. The fourth-order valence-corrected chi connectivity index (χ4v) is 4.31.